The first-order valence-electron chi connectivity index (χ1n) is 5.65. The van der Waals surface area contributed by atoms with E-state index in [1.165, 1.54) is 0 Å². The number of ether oxygens (including phenoxy) is 1. The topological polar surface area (TPSA) is 24.5 Å². The van der Waals surface area contributed by atoms with Gasteiger partial charge >= 0.3 is 0 Å². The van der Waals surface area contributed by atoms with Crippen LogP contribution in [0, 0.1) is 0 Å². The molecule has 0 aliphatic carbocycles. The molecular formula is C12H16Cl2N2O. The Morgan fingerprint density at radius 3 is 2.65 bits per heavy atom. The molecule has 0 radical (unpaired) electrons. The number of benzene rings is 1. The van der Waals surface area contributed by atoms with Crippen molar-refractivity contribution in [3.63, 3.8) is 0 Å². The van der Waals surface area contributed by atoms with Crippen molar-refractivity contribution in [1.29, 1.82) is 0 Å². The molecule has 0 atom stereocenters. The second-order valence-electron chi connectivity index (χ2n) is 4.11. The second kappa shape index (κ2) is 5.91. The molecule has 1 fully saturated rings. The van der Waals surface area contributed by atoms with E-state index in [-0.39, 0.29) is 0 Å². The van der Waals surface area contributed by atoms with Crippen molar-refractivity contribution in [2.24, 2.45) is 0 Å². The van der Waals surface area contributed by atoms with E-state index in [9.17, 15) is 0 Å². The summed E-state index contributed by atoms with van der Waals surface area (Å²) >= 11 is 12.3. The third-order valence-electron chi connectivity index (χ3n) is 2.90. The zero-order valence-corrected chi connectivity index (χ0v) is 11.3. The summed E-state index contributed by atoms with van der Waals surface area (Å²) in [6, 6.07) is 3.65. The maximum atomic E-state index is 6.27. The maximum absolute atomic E-state index is 6.27. The zero-order chi connectivity index (χ0) is 12.3. The van der Waals surface area contributed by atoms with E-state index in [4.69, 9.17) is 27.9 Å². The average molecular weight is 275 g/mol. The third-order valence-corrected chi connectivity index (χ3v) is 3.55. The number of piperazine rings is 1. The smallest absolute Gasteiger partial charge is 0.139 e. The van der Waals surface area contributed by atoms with Crippen molar-refractivity contribution >= 4 is 23.2 Å². The lowest BCUT2D eigenvalue weighted by Crippen LogP contribution is -2.42. The molecule has 2 rings (SSSR count). The van der Waals surface area contributed by atoms with E-state index in [0.29, 0.717) is 15.8 Å². The van der Waals surface area contributed by atoms with Crippen LogP contribution in [0.4, 0.5) is 0 Å². The molecule has 0 unspecified atom stereocenters. The molecule has 1 aliphatic rings. The van der Waals surface area contributed by atoms with Gasteiger partial charge in [-0.25, -0.2) is 0 Å². The molecule has 17 heavy (non-hydrogen) atoms. The molecule has 0 saturated carbocycles. The van der Waals surface area contributed by atoms with Gasteiger partial charge in [0, 0.05) is 43.8 Å². The summed E-state index contributed by atoms with van der Waals surface area (Å²) in [6.45, 7) is 4.93. The standard InChI is InChI=1S/C12H16Cl2N2O/c1-17-11-7-10(13)6-9(12(11)14)8-16-4-2-15-3-5-16/h6-7,15H,2-5,8H2,1H3. The van der Waals surface area contributed by atoms with Gasteiger partial charge in [-0.3, -0.25) is 4.90 Å². The van der Waals surface area contributed by atoms with Crippen LogP contribution >= 0.6 is 23.2 Å². The molecule has 0 spiro atoms. The molecule has 1 saturated heterocycles. The highest BCUT2D eigenvalue weighted by Gasteiger charge is 2.14. The summed E-state index contributed by atoms with van der Waals surface area (Å²) in [7, 11) is 1.60. The number of rotatable bonds is 3. The fourth-order valence-corrected chi connectivity index (χ4v) is 2.47. The minimum absolute atomic E-state index is 0.643. The number of nitrogens with one attached hydrogen (secondary N) is 1. The van der Waals surface area contributed by atoms with Crippen molar-refractivity contribution in [2.45, 2.75) is 6.54 Å². The van der Waals surface area contributed by atoms with Crippen LogP contribution in [0.1, 0.15) is 5.56 Å². The summed E-state index contributed by atoms with van der Waals surface area (Å²) in [5.74, 6) is 0.643. The van der Waals surface area contributed by atoms with Gasteiger partial charge in [0.15, 0.2) is 0 Å². The summed E-state index contributed by atoms with van der Waals surface area (Å²) in [5.41, 5.74) is 1.03. The Bertz CT molecular complexity index is 392. The molecule has 0 aromatic heterocycles. The molecule has 1 N–H and O–H groups in total. The molecule has 1 aromatic rings. The Kier molecular flexibility index (Phi) is 4.51. The van der Waals surface area contributed by atoms with Crippen LogP contribution in [-0.4, -0.2) is 38.2 Å². The van der Waals surface area contributed by atoms with Crippen LogP contribution < -0.4 is 10.1 Å². The van der Waals surface area contributed by atoms with E-state index >= 15 is 0 Å². The van der Waals surface area contributed by atoms with Crippen LogP contribution in [0.3, 0.4) is 0 Å². The quantitative estimate of drug-likeness (QED) is 0.916. The predicted molar refractivity (Wildman–Crippen MR) is 71.2 cm³/mol. The highest BCUT2D eigenvalue weighted by molar-refractivity contribution is 6.34. The maximum Gasteiger partial charge on any atom is 0.139 e. The Labute approximate surface area is 112 Å². The van der Waals surface area contributed by atoms with Crippen molar-refractivity contribution in [3.05, 3.63) is 27.7 Å². The van der Waals surface area contributed by atoms with Gasteiger partial charge in [0.1, 0.15) is 5.75 Å². The van der Waals surface area contributed by atoms with Crippen LogP contribution in [0.25, 0.3) is 0 Å². The van der Waals surface area contributed by atoms with Gasteiger partial charge in [-0.05, 0) is 11.6 Å². The van der Waals surface area contributed by atoms with Gasteiger partial charge in [-0.15, -0.1) is 0 Å². The Hall–Kier alpha value is -0.480. The minimum atomic E-state index is 0.643. The number of nitrogens with zero attached hydrogens (tertiary/aromatic N) is 1. The fourth-order valence-electron chi connectivity index (χ4n) is 1.99. The number of halogens is 2. The summed E-state index contributed by atoms with van der Waals surface area (Å²) in [5, 5.41) is 4.65. The molecule has 94 valence electrons. The lowest BCUT2D eigenvalue weighted by molar-refractivity contribution is 0.233. The molecule has 1 heterocycles. The van der Waals surface area contributed by atoms with Crippen molar-refractivity contribution in [2.75, 3.05) is 33.3 Å². The molecule has 0 amide bonds. The first kappa shape index (κ1) is 13.0. The fraction of sp³-hybridized carbons (Fsp3) is 0.500. The van der Waals surface area contributed by atoms with Gasteiger partial charge < -0.3 is 10.1 Å². The Morgan fingerprint density at radius 1 is 1.29 bits per heavy atom. The second-order valence-corrected chi connectivity index (χ2v) is 4.92. The Morgan fingerprint density at radius 2 is 2.00 bits per heavy atom. The normalized spacial score (nSPS) is 17.1. The first-order chi connectivity index (χ1) is 8.20. The molecule has 1 aliphatic heterocycles. The van der Waals surface area contributed by atoms with Gasteiger partial charge in [0.2, 0.25) is 0 Å². The number of hydrogen-bond donors (Lipinski definition) is 1. The SMILES string of the molecule is COc1cc(Cl)cc(CN2CCNCC2)c1Cl. The van der Waals surface area contributed by atoms with Crippen LogP contribution in [0.15, 0.2) is 12.1 Å². The Balaban J connectivity index is 2.16. The molecule has 5 heteroatoms. The monoisotopic (exact) mass is 274 g/mol. The van der Waals surface area contributed by atoms with Crippen LogP contribution in [0.2, 0.25) is 10.0 Å². The van der Waals surface area contributed by atoms with Crippen LogP contribution in [0.5, 0.6) is 5.75 Å². The zero-order valence-electron chi connectivity index (χ0n) is 9.80. The highest BCUT2D eigenvalue weighted by atomic mass is 35.5. The predicted octanol–water partition coefficient (Wildman–Crippen LogP) is 2.41. The molecule has 3 nitrogen and oxygen atoms in total. The largest absolute Gasteiger partial charge is 0.495 e. The van der Waals surface area contributed by atoms with Gasteiger partial charge in [-0.2, -0.15) is 0 Å². The van der Waals surface area contributed by atoms with Crippen molar-refractivity contribution in [3.8, 4) is 5.75 Å². The van der Waals surface area contributed by atoms with E-state index in [2.05, 4.69) is 10.2 Å². The molecule has 0 bridgehead atoms. The lowest BCUT2D eigenvalue weighted by atomic mass is 10.2. The summed E-state index contributed by atoms with van der Waals surface area (Å²) in [6.07, 6.45) is 0. The van der Waals surface area contributed by atoms with Crippen molar-refractivity contribution < 1.29 is 4.74 Å². The molecule has 1 aromatic carbocycles. The van der Waals surface area contributed by atoms with Gasteiger partial charge in [0.25, 0.3) is 0 Å². The lowest BCUT2D eigenvalue weighted by Gasteiger charge is -2.27. The minimum Gasteiger partial charge on any atom is -0.495 e. The van der Waals surface area contributed by atoms with Gasteiger partial charge in [0.05, 0.1) is 12.1 Å². The van der Waals surface area contributed by atoms with E-state index in [1.807, 2.05) is 6.07 Å². The molecular weight excluding hydrogens is 259 g/mol. The van der Waals surface area contributed by atoms with Gasteiger partial charge in [-0.1, -0.05) is 23.2 Å². The van der Waals surface area contributed by atoms with Crippen LogP contribution in [-0.2, 0) is 6.54 Å². The van der Waals surface area contributed by atoms with E-state index in [0.717, 1.165) is 38.3 Å². The summed E-state index contributed by atoms with van der Waals surface area (Å²) < 4.78 is 5.21. The van der Waals surface area contributed by atoms with E-state index in [1.54, 1.807) is 13.2 Å². The highest BCUT2D eigenvalue weighted by Crippen LogP contribution is 2.32. The number of hydrogen-bond acceptors (Lipinski definition) is 3. The average Bonchev–Trinajstić information content (AvgIpc) is 2.34. The summed E-state index contributed by atoms with van der Waals surface area (Å²) in [4.78, 5) is 2.35. The number of methoxy groups -OCH3 is 1. The van der Waals surface area contributed by atoms with Crippen molar-refractivity contribution in [1.82, 2.24) is 10.2 Å². The first-order valence-corrected chi connectivity index (χ1v) is 6.41. The van der Waals surface area contributed by atoms with E-state index < -0.39 is 0 Å². The third kappa shape index (κ3) is 3.26.